The molecule has 0 saturated heterocycles. The normalized spacial score (nSPS) is 10.3. The minimum Gasteiger partial charge on any atom is -0.316 e. The van der Waals surface area contributed by atoms with E-state index < -0.39 is 0 Å². The van der Waals surface area contributed by atoms with Crippen LogP contribution in [0.5, 0.6) is 0 Å². The van der Waals surface area contributed by atoms with E-state index in [1.165, 1.54) is 17.7 Å². The molecule has 1 nitrogen and oxygen atoms in total. The van der Waals surface area contributed by atoms with Crippen molar-refractivity contribution in [2.24, 2.45) is 0 Å². The zero-order valence-electron chi connectivity index (χ0n) is 6.97. The van der Waals surface area contributed by atoms with Gasteiger partial charge in [0.2, 0.25) is 0 Å². The molecular weight excluding hydrogens is 154 g/mol. The standard InChI is InChI=1S/C9H15NS/c1-2-6-10-7-5-9-4-3-8-11-9/h3-4,8,10H,2,5-7H2,1H3. The van der Waals surface area contributed by atoms with Crippen molar-refractivity contribution in [3.8, 4) is 0 Å². The van der Waals surface area contributed by atoms with Crippen LogP contribution in [0.4, 0.5) is 0 Å². The monoisotopic (exact) mass is 169 g/mol. The van der Waals surface area contributed by atoms with E-state index >= 15 is 0 Å². The van der Waals surface area contributed by atoms with E-state index in [9.17, 15) is 0 Å². The fourth-order valence-corrected chi connectivity index (χ4v) is 1.68. The maximum absolute atomic E-state index is 3.38. The largest absolute Gasteiger partial charge is 0.316 e. The van der Waals surface area contributed by atoms with E-state index in [1.54, 1.807) is 0 Å². The summed E-state index contributed by atoms with van der Waals surface area (Å²) < 4.78 is 0. The zero-order valence-corrected chi connectivity index (χ0v) is 7.79. The molecule has 1 aromatic rings. The molecular formula is C9H15NS. The fourth-order valence-electron chi connectivity index (χ4n) is 0.968. The zero-order chi connectivity index (χ0) is 7.94. The van der Waals surface area contributed by atoms with Gasteiger partial charge in [0.1, 0.15) is 0 Å². The van der Waals surface area contributed by atoms with Crippen molar-refractivity contribution < 1.29 is 0 Å². The first-order valence-electron chi connectivity index (χ1n) is 4.16. The van der Waals surface area contributed by atoms with Crippen molar-refractivity contribution in [3.05, 3.63) is 22.4 Å². The van der Waals surface area contributed by atoms with E-state index in [4.69, 9.17) is 0 Å². The lowest BCUT2D eigenvalue weighted by Crippen LogP contribution is -2.17. The highest BCUT2D eigenvalue weighted by Gasteiger charge is 1.91. The molecule has 0 radical (unpaired) electrons. The minimum atomic E-state index is 1.12. The van der Waals surface area contributed by atoms with Crippen LogP contribution in [0.3, 0.4) is 0 Å². The summed E-state index contributed by atoms with van der Waals surface area (Å²) in [6, 6.07) is 4.30. The SMILES string of the molecule is CCCNCCc1cccs1. The molecule has 0 aliphatic rings. The number of hydrogen-bond acceptors (Lipinski definition) is 2. The molecule has 0 amide bonds. The number of thiophene rings is 1. The Hall–Kier alpha value is -0.340. The Morgan fingerprint density at radius 1 is 1.45 bits per heavy atom. The number of hydrogen-bond donors (Lipinski definition) is 1. The number of rotatable bonds is 5. The summed E-state index contributed by atoms with van der Waals surface area (Å²) in [4.78, 5) is 1.48. The van der Waals surface area contributed by atoms with Crippen molar-refractivity contribution in [1.82, 2.24) is 5.32 Å². The first kappa shape index (κ1) is 8.75. The summed E-state index contributed by atoms with van der Waals surface area (Å²) >= 11 is 1.84. The van der Waals surface area contributed by atoms with Crippen LogP contribution < -0.4 is 5.32 Å². The molecule has 0 atom stereocenters. The molecule has 0 aliphatic heterocycles. The highest BCUT2D eigenvalue weighted by molar-refractivity contribution is 7.09. The second-order valence-electron chi connectivity index (χ2n) is 2.58. The molecule has 0 spiro atoms. The second-order valence-corrected chi connectivity index (χ2v) is 3.61. The Morgan fingerprint density at radius 3 is 3.00 bits per heavy atom. The minimum absolute atomic E-state index is 1.12. The fraction of sp³-hybridized carbons (Fsp3) is 0.556. The predicted molar refractivity (Wildman–Crippen MR) is 51.2 cm³/mol. The van der Waals surface area contributed by atoms with Gasteiger partial charge in [-0.25, -0.2) is 0 Å². The van der Waals surface area contributed by atoms with Gasteiger partial charge < -0.3 is 5.32 Å². The van der Waals surface area contributed by atoms with E-state index in [1.807, 2.05) is 11.3 Å². The van der Waals surface area contributed by atoms with Gasteiger partial charge in [-0.3, -0.25) is 0 Å². The average Bonchev–Trinajstić information content (AvgIpc) is 2.50. The molecule has 0 unspecified atom stereocenters. The molecule has 2 heteroatoms. The van der Waals surface area contributed by atoms with Gasteiger partial charge in [0, 0.05) is 4.88 Å². The maximum Gasteiger partial charge on any atom is 0.00578 e. The Balaban J connectivity index is 2.04. The summed E-state index contributed by atoms with van der Waals surface area (Å²) in [5, 5.41) is 5.51. The third-order valence-corrected chi connectivity index (χ3v) is 2.49. The highest BCUT2D eigenvalue weighted by atomic mass is 32.1. The number of nitrogens with one attached hydrogen (secondary N) is 1. The Kier molecular flexibility index (Phi) is 4.24. The molecule has 1 rings (SSSR count). The molecule has 1 heterocycles. The van der Waals surface area contributed by atoms with Gasteiger partial charge in [0.05, 0.1) is 0 Å². The van der Waals surface area contributed by atoms with Crippen LogP contribution >= 0.6 is 11.3 Å². The average molecular weight is 169 g/mol. The molecule has 1 aromatic heterocycles. The lowest BCUT2D eigenvalue weighted by molar-refractivity contribution is 0.674. The molecule has 0 bridgehead atoms. The molecule has 62 valence electrons. The third-order valence-electron chi connectivity index (χ3n) is 1.56. The first-order chi connectivity index (χ1) is 5.43. The summed E-state index contributed by atoms with van der Waals surface area (Å²) in [7, 11) is 0. The van der Waals surface area contributed by atoms with Gasteiger partial charge in [-0.15, -0.1) is 11.3 Å². The van der Waals surface area contributed by atoms with Crippen molar-refractivity contribution in [3.63, 3.8) is 0 Å². The van der Waals surface area contributed by atoms with Crippen molar-refractivity contribution in [1.29, 1.82) is 0 Å². The van der Waals surface area contributed by atoms with Gasteiger partial charge in [-0.1, -0.05) is 13.0 Å². The van der Waals surface area contributed by atoms with Crippen molar-refractivity contribution in [2.45, 2.75) is 19.8 Å². The van der Waals surface area contributed by atoms with Gasteiger partial charge >= 0.3 is 0 Å². The van der Waals surface area contributed by atoms with E-state index in [2.05, 4.69) is 29.8 Å². The lowest BCUT2D eigenvalue weighted by atomic mass is 10.3. The van der Waals surface area contributed by atoms with E-state index in [0.29, 0.717) is 0 Å². The first-order valence-corrected chi connectivity index (χ1v) is 5.04. The summed E-state index contributed by atoms with van der Waals surface area (Å²) in [6.07, 6.45) is 2.40. The second kappa shape index (κ2) is 5.33. The van der Waals surface area contributed by atoms with Crippen LogP contribution in [0.1, 0.15) is 18.2 Å². The molecule has 0 aromatic carbocycles. The van der Waals surface area contributed by atoms with Crippen molar-refractivity contribution >= 4 is 11.3 Å². The molecule has 1 N–H and O–H groups in total. The topological polar surface area (TPSA) is 12.0 Å². The summed E-state index contributed by atoms with van der Waals surface area (Å²) in [5.41, 5.74) is 0. The molecule has 0 aliphatic carbocycles. The quantitative estimate of drug-likeness (QED) is 0.667. The van der Waals surface area contributed by atoms with Crippen molar-refractivity contribution in [2.75, 3.05) is 13.1 Å². The van der Waals surface area contributed by atoms with Crippen LogP contribution in [0.25, 0.3) is 0 Å². The van der Waals surface area contributed by atoms with Crippen LogP contribution in [0.2, 0.25) is 0 Å². The molecule has 11 heavy (non-hydrogen) atoms. The smallest absolute Gasteiger partial charge is 0.00578 e. The Morgan fingerprint density at radius 2 is 2.36 bits per heavy atom. The lowest BCUT2D eigenvalue weighted by Gasteiger charge is -1.99. The van der Waals surface area contributed by atoms with Gasteiger partial charge in [0.15, 0.2) is 0 Å². The predicted octanol–water partition coefficient (Wildman–Crippen LogP) is 2.29. The van der Waals surface area contributed by atoms with Crippen LogP contribution in [-0.4, -0.2) is 13.1 Å². The van der Waals surface area contributed by atoms with Gasteiger partial charge in [-0.2, -0.15) is 0 Å². The highest BCUT2D eigenvalue weighted by Crippen LogP contribution is 2.07. The summed E-state index contributed by atoms with van der Waals surface area (Å²) in [5.74, 6) is 0. The van der Waals surface area contributed by atoms with Crippen LogP contribution in [0, 0.1) is 0 Å². The molecule has 0 fully saturated rings. The maximum atomic E-state index is 3.38. The van der Waals surface area contributed by atoms with Crippen LogP contribution in [0.15, 0.2) is 17.5 Å². The van der Waals surface area contributed by atoms with Crippen LogP contribution in [-0.2, 0) is 6.42 Å². The Labute approximate surface area is 72.4 Å². The van der Waals surface area contributed by atoms with E-state index in [-0.39, 0.29) is 0 Å². The molecule has 0 saturated carbocycles. The summed E-state index contributed by atoms with van der Waals surface area (Å²) in [6.45, 7) is 4.46. The van der Waals surface area contributed by atoms with Gasteiger partial charge in [-0.05, 0) is 37.4 Å². The third kappa shape index (κ3) is 3.54. The Bertz CT molecular complexity index is 170. The van der Waals surface area contributed by atoms with E-state index in [0.717, 1.165) is 13.1 Å². The van der Waals surface area contributed by atoms with Gasteiger partial charge in [0.25, 0.3) is 0 Å².